The van der Waals surface area contributed by atoms with Crippen molar-refractivity contribution in [2.45, 2.75) is 39.0 Å². The van der Waals surface area contributed by atoms with Crippen molar-refractivity contribution in [3.63, 3.8) is 0 Å². The highest BCUT2D eigenvalue weighted by Crippen LogP contribution is 2.52. The molecule has 3 aromatic rings. The zero-order valence-corrected chi connectivity index (χ0v) is 19.2. The molecule has 0 saturated carbocycles. The molecule has 0 spiro atoms. The van der Waals surface area contributed by atoms with Gasteiger partial charge in [-0.25, -0.2) is 0 Å². The van der Waals surface area contributed by atoms with Gasteiger partial charge in [-0.05, 0) is 78.1 Å². The summed E-state index contributed by atoms with van der Waals surface area (Å²) in [5.41, 5.74) is 12.2. The number of hydrogen-bond donors (Lipinski definition) is 0. The summed E-state index contributed by atoms with van der Waals surface area (Å²) in [4.78, 5) is 0. The third-order valence-electron chi connectivity index (χ3n) is 7.18. The van der Waals surface area contributed by atoms with E-state index in [0.29, 0.717) is 0 Å². The second kappa shape index (κ2) is 8.28. The van der Waals surface area contributed by atoms with Crippen LogP contribution in [0.1, 0.15) is 54.5 Å². The fraction of sp³-hybridized carbons (Fsp3) is 0.188. The average molecular weight is 415 g/mol. The quantitative estimate of drug-likeness (QED) is 0.368. The van der Waals surface area contributed by atoms with E-state index in [1.54, 1.807) is 0 Å². The molecule has 0 aromatic heterocycles. The molecule has 0 heterocycles. The standard InChI is InChI=1S/C32H30/c1-23-13-10-20-28(23)31-25(3)15-12-22-30(31)32(26-16-6-4-7-17-26,27-18-8-5-9-19-27)29-21-11-14-24(29)2/h4-19,22H,20-21H2,1-3H3. The lowest BCUT2D eigenvalue weighted by Crippen LogP contribution is -2.33. The summed E-state index contributed by atoms with van der Waals surface area (Å²) in [5.74, 6) is 0. The van der Waals surface area contributed by atoms with Crippen LogP contribution in [-0.4, -0.2) is 0 Å². The van der Waals surface area contributed by atoms with E-state index in [4.69, 9.17) is 0 Å². The van der Waals surface area contributed by atoms with Gasteiger partial charge in [0.05, 0.1) is 5.41 Å². The van der Waals surface area contributed by atoms with Crippen LogP contribution in [0.5, 0.6) is 0 Å². The third kappa shape index (κ3) is 3.14. The molecule has 0 bridgehead atoms. The summed E-state index contributed by atoms with van der Waals surface area (Å²) in [6.45, 7) is 6.80. The lowest BCUT2D eigenvalue weighted by molar-refractivity contribution is 0.701. The SMILES string of the molecule is CC1=C(c2c(C)cccc2C(C2=C(C)C=CC2)(c2ccccc2)c2ccccc2)CC=C1. The first-order chi connectivity index (χ1) is 15.6. The monoisotopic (exact) mass is 414 g/mol. The molecule has 2 aliphatic carbocycles. The van der Waals surface area contributed by atoms with Crippen LogP contribution < -0.4 is 0 Å². The summed E-state index contributed by atoms with van der Waals surface area (Å²) in [7, 11) is 0. The Morgan fingerprint density at radius 3 is 1.72 bits per heavy atom. The van der Waals surface area contributed by atoms with Crippen LogP contribution in [-0.2, 0) is 5.41 Å². The van der Waals surface area contributed by atoms with Gasteiger partial charge in [-0.1, -0.05) is 109 Å². The second-order valence-electron chi connectivity index (χ2n) is 9.02. The van der Waals surface area contributed by atoms with E-state index in [9.17, 15) is 0 Å². The van der Waals surface area contributed by atoms with Gasteiger partial charge in [-0.15, -0.1) is 0 Å². The summed E-state index contributed by atoms with van der Waals surface area (Å²) < 4.78 is 0. The van der Waals surface area contributed by atoms with E-state index in [0.717, 1.165) is 12.8 Å². The molecule has 3 aromatic carbocycles. The zero-order valence-electron chi connectivity index (χ0n) is 19.2. The summed E-state index contributed by atoms with van der Waals surface area (Å²) >= 11 is 0. The van der Waals surface area contributed by atoms with Crippen molar-refractivity contribution in [3.8, 4) is 0 Å². The van der Waals surface area contributed by atoms with E-state index >= 15 is 0 Å². The number of aryl methyl sites for hydroxylation is 1. The van der Waals surface area contributed by atoms with Crippen molar-refractivity contribution in [1.82, 2.24) is 0 Å². The summed E-state index contributed by atoms with van der Waals surface area (Å²) in [6.07, 6.45) is 11.2. The molecule has 0 fully saturated rings. The highest BCUT2D eigenvalue weighted by molar-refractivity contribution is 5.81. The molecule has 0 amide bonds. The molecule has 2 aliphatic rings. The second-order valence-corrected chi connectivity index (χ2v) is 9.02. The van der Waals surface area contributed by atoms with Gasteiger partial charge in [0.25, 0.3) is 0 Å². The Morgan fingerprint density at radius 1 is 0.594 bits per heavy atom. The summed E-state index contributed by atoms with van der Waals surface area (Å²) in [5, 5.41) is 0. The van der Waals surface area contributed by atoms with E-state index in [1.165, 1.54) is 50.1 Å². The van der Waals surface area contributed by atoms with Gasteiger partial charge in [0.15, 0.2) is 0 Å². The number of benzene rings is 3. The van der Waals surface area contributed by atoms with E-state index in [2.05, 4.69) is 124 Å². The lowest BCUT2D eigenvalue weighted by Gasteiger charge is -2.40. The Kier molecular flexibility index (Phi) is 5.31. The average Bonchev–Trinajstić information content (AvgIpc) is 3.44. The van der Waals surface area contributed by atoms with Crippen LogP contribution in [0.25, 0.3) is 5.57 Å². The molecule has 0 heteroatoms. The Labute approximate surface area is 192 Å². The molecule has 0 N–H and O–H groups in total. The minimum Gasteiger partial charge on any atom is -0.0801 e. The van der Waals surface area contributed by atoms with Crippen LogP contribution >= 0.6 is 0 Å². The number of hydrogen-bond acceptors (Lipinski definition) is 0. The highest BCUT2D eigenvalue weighted by atomic mass is 14.4. The van der Waals surface area contributed by atoms with Crippen LogP contribution in [0.15, 0.2) is 120 Å². The molecule has 0 nitrogen and oxygen atoms in total. The highest BCUT2D eigenvalue weighted by Gasteiger charge is 2.43. The van der Waals surface area contributed by atoms with Gasteiger partial charge in [0.1, 0.15) is 0 Å². The van der Waals surface area contributed by atoms with Crippen molar-refractivity contribution in [2.24, 2.45) is 0 Å². The van der Waals surface area contributed by atoms with Crippen LogP contribution in [0, 0.1) is 6.92 Å². The van der Waals surface area contributed by atoms with Crippen molar-refractivity contribution < 1.29 is 0 Å². The normalized spacial score (nSPS) is 15.8. The molecule has 5 rings (SSSR count). The predicted molar refractivity (Wildman–Crippen MR) is 137 cm³/mol. The van der Waals surface area contributed by atoms with Crippen molar-refractivity contribution in [1.29, 1.82) is 0 Å². The Balaban J connectivity index is 1.95. The summed E-state index contributed by atoms with van der Waals surface area (Å²) in [6, 6.07) is 29.1. The van der Waals surface area contributed by atoms with Gasteiger partial charge in [-0.3, -0.25) is 0 Å². The van der Waals surface area contributed by atoms with E-state index < -0.39 is 0 Å². The predicted octanol–water partition coefficient (Wildman–Crippen LogP) is 8.34. The number of allylic oxidation sites excluding steroid dienone is 8. The van der Waals surface area contributed by atoms with Crippen molar-refractivity contribution in [2.75, 3.05) is 0 Å². The smallest absolute Gasteiger partial charge is 0.0676 e. The fourth-order valence-corrected chi connectivity index (χ4v) is 5.72. The molecule has 0 saturated heterocycles. The maximum atomic E-state index is 2.37. The Morgan fingerprint density at radius 2 is 1.19 bits per heavy atom. The fourth-order valence-electron chi connectivity index (χ4n) is 5.72. The van der Waals surface area contributed by atoms with Crippen LogP contribution in [0.4, 0.5) is 0 Å². The van der Waals surface area contributed by atoms with E-state index in [1.807, 2.05) is 0 Å². The zero-order chi connectivity index (χ0) is 22.1. The molecule has 0 aliphatic heterocycles. The molecule has 0 atom stereocenters. The van der Waals surface area contributed by atoms with Crippen molar-refractivity contribution >= 4 is 5.57 Å². The molecular formula is C32H30. The molecule has 32 heavy (non-hydrogen) atoms. The first-order valence-electron chi connectivity index (χ1n) is 11.6. The van der Waals surface area contributed by atoms with Gasteiger partial charge in [-0.2, -0.15) is 0 Å². The molecule has 158 valence electrons. The first kappa shape index (κ1) is 20.5. The number of rotatable bonds is 5. The van der Waals surface area contributed by atoms with Crippen molar-refractivity contribution in [3.05, 3.63) is 148 Å². The molecular weight excluding hydrogens is 384 g/mol. The Bertz CT molecular complexity index is 1220. The van der Waals surface area contributed by atoms with Gasteiger partial charge in [0.2, 0.25) is 0 Å². The van der Waals surface area contributed by atoms with Gasteiger partial charge in [0, 0.05) is 0 Å². The first-order valence-corrected chi connectivity index (χ1v) is 11.6. The maximum absolute atomic E-state index is 2.37. The Hall–Kier alpha value is -3.38. The largest absolute Gasteiger partial charge is 0.0801 e. The minimum atomic E-state index is -0.340. The lowest BCUT2D eigenvalue weighted by atomic mass is 9.61. The maximum Gasteiger partial charge on any atom is 0.0676 e. The third-order valence-corrected chi connectivity index (χ3v) is 7.18. The van der Waals surface area contributed by atoms with Gasteiger partial charge < -0.3 is 0 Å². The van der Waals surface area contributed by atoms with Crippen LogP contribution in [0.3, 0.4) is 0 Å². The molecule has 0 radical (unpaired) electrons. The van der Waals surface area contributed by atoms with Crippen LogP contribution in [0.2, 0.25) is 0 Å². The van der Waals surface area contributed by atoms with Gasteiger partial charge >= 0.3 is 0 Å². The minimum absolute atomic E-state index is 0.340. The van der Waals surface area contributed by atoms with E-state index in [-0.39, 0.29) is 5.41 Å². The molecule has 0 unspecified atom stereocenters. The topological polar surface area (TPSA) is 0 Å².